The summed E-state index contributed by atoms with van der Waals surface area (Å²) in [6.07, 6.45) is 0.224. The average Bonchev–Trinajstić information content (AvgIpc) is 2.25. The first kappa shape index (κ1) is 12.5. The van der Waals surface area contributed by atoms with Crippen LogP contribution in [0, 0.1) is 0 Å². The topological polar surface area (TPSA) is 120 Å². The van der Waals surface area contributed by atoms with Crippen LogP contribution in [-0.4, -0.2) is 22.9 Å². The highest BCUT2D eigenvalue weighted by atomic mass is 32.2. The molecule has 1 aromatic heterocycles. The van der Waals surface area contributed by atoms with E-state index in [0.717, 1.165) is 6.07 Å². The maximum absolute atomic E-state index is 11.7. The van der Waals surface area contributed by atoms with Gasteiger partial charge in [-0.15, -0.1) is 0 Å². The molecule has 18 heavy (non-hydrogen) atoms. The zero-order chi connectivity index (χ0) is 13.5. The number of aromatic nitrogens is 2. The summed E-state index contributed by atoms with van der Waals surface area (Å²) in [5.41, 5.74) is -0.953. The van der Waals surface area contributed by atoms with Crippen LogP contribution in [0.5, 0.6) is 0 Å². The lowest BCUT2D eigenvalue weighted by Gasteiger charge is -2.07. The minimum absolute atomic E-state index is 0.0622. The van der Waals surface area contributed by atoms with E-state index < -0.39 is 21.4 Å². The van der Waals surface area contributed by atoms with E-state index in [1.165, 1.54) is 6.07 Å². The van der Waals surface area contributed by atoms with Crippen LogP contribution in [0.2, 0.25) is 0 Å². The number of fused-ring (bicyclic) bond motifs is 1. The number of aryl methyl sites for hydroxylation is 1. The van der Waals surface area contributed by atoms with E-state index in [9.17, 15) is 18.0 Å². The van der Waals surface area contributed by atoms with Gasteiger partial charge in [-0.1, -0.05) is 6.92 Å². The summed E-state index contributed by atoms with van der Waals surface area (Å²) in [4.78, 5) is 26.9. The number of hydrogen-bond acceptors (Lipinski definition) is 4. The molecule has 1 aromatic carbocycles. The van der Waals surface area contributed by atoms with Crippen LogP contribution in [0.3, 0.4) is 0 Å². The third kappa shape index (κ3) is 1.95. The largest absolute Gasteiger partial charge is 0.326 e. The van der Waals surface area contributed by atoms with Gasteiger partial charge in [0.25, 0.3) is 15.7 Å². The molecule has 0 radical (unpaired) electrons. The Labute approximate surface area is 101 Å². The lowest BCUT2D eigenvalue weighted by molar-refractivity contribution is 0.482. The molecule has 2 aromatic rings. The number of aromatic amines is 2. The molecule has 8 heteroatoms. The monoisotopic (exact) mass is 270 g/mol. The molecule has 0 amide bonds. The number of nitrogens with one attached hydrogen (secondary N) is 2. The van der Waals surface area contributed by atoms with Crippen molar-refractivity contribution in [1.29, 1.82) is 0 Å². The van der Waals surface area contributed by atoms with Crippen molar-refractivity contribution in [2.75, 3.05) is 0 Å². The molecule has 1 heterocycles. The summed E-state index contributed by atoms with van der Waals surface area (Å²) in [5, 5.41) is 0.0622. The first-order valence-corrected chi connectivity index (χ1v) is 6.54. The Morgan fingerprint density at radius 1 is 1.22 bits per heavy atom. The molecule has 2 rings (SSSR count). The second kappa shape index (κ2) is 4.07. The number of benzene rings is 1. The van der Waals surface area contributed by atoms with Crippen molar-refractivity contribution in [3.8, 4) is 0 Å². The smallest absolute Gasteiger partial charge is 0.307 e. The fraction of sp³-hybridized carbons (Fsp3) is 0.200. The van der Waals surface area contributed by atoms with Gasteiger partial charge in [0.05, 0.1) is 15.8 Å². The standard InChI is InChI=1S/C10H10N2O5S/c1-2-5-7(18(15,16)17)4-3-6-8(5)9(13)12-10(14)11-6/h3-4H,2H2,1H3,(H,15,16,17)(H2,11,12,13,14). The van der Waals surface area contributed by atoms with Crippen LogP contribution in [0.4, 0.5) is 0 Å². The zero-order valence-corrected chi connectivity index (χ0v) is 10.2. The summed E-state index contributed by atoms with van der Waals surface area (Å²) in [6, 6.07) is 2.43. The van der Waals surface area contributed by atoms with E-state index in [0.29, 0.717) is 0 Å². The molecule has 0 fully saturated rings. The third-order valence-corrected chi connectivity index (χ3v) is 3.54. The van der Waals surface area contributed by atoms with E-state index in [-0.39, 0.29) is 27.8 Å². The zero-order valence-electron chi connectivity index (χ0n) is 9.35. The summed E-state index contributed by atoms with van der Waals surface area (Å²) in [7, 11) is -4.41. The quantitative estimate of drug-likeness (QED) is 0.665. The maximum Gasteiger partial charge on any atom is 0.326 e. The summed E-state index contributed by atoms with van der Waals surface area (Å²) >= 11 is 0. The molecule has 3 N–H and O–H groups in total. The Morgan fingerprint density at radius 3 is 2.44 bits per heavy atom. The van der Waals surface area contributed by atoms with Crippen molar-refractivity contribution in [1.82, 2.24) is 9.97 Å². The first-order chi connectivity index (χ1) is 8.34. The molecule has 0 unspecified atom stereocenters. The van der Waals surface area contributed by atoms with Gasteiger partial charge < -0.3 is 4.98 Å². The molecular weight excluding hydrogens is 260 g/mol. The minimum atomic E-state index is -4.41. The van der Waals surface area contributed by atoms with Crippen molar-refractivity contribution >= 4 is 21.0 Å². The molecule has 0 aliphatic heterocycles. The summed E-state index contributed by atoms with van der Waals surface area (Å²) in [5.74, 6) is 0. The van der Waals surface area contributed by atoms with E-state index in [1.54, 1.807) is 6.92 Å². The normalized spacial score (nSPS) is 11.9. The second-order valence-corrected chi connectivity index (χ2v) is 5.09. The lowest BCUT2D eigenvalue weighted by atomic mass is 10.1. The van der Waals surface area contributed by atoms with Crippen LogP contribution >= 0.6 is 0 Å². The highest BCUT2D eigenvalue weighted by Gasteiger charge is 2.18. The molecular formula is C10H10N2O5S. The van der Waals surface area contributed by atoms with E-state index in [2.05, 4.69) is 4.98 Å². The highest BCUT2D eigenvalue weighted by molar-refractivity contribution is 7.85. The van der Waals surface area contributed by atoms with E-state index in [1.807, 2.05) is 4.98 Å². The molecule has 0 bridgehead atoms. The van der Waals surface area contributed by atoms with E-state index >= 15 is 0 Å². The lowest BCUT2D eigenvalue weighted by Crippen LogP contribution is -2.23. The molecule has 0 saturated heterocycles. The summed E-state index contributed by atoms with van der Waals surface area (Å²) < 4.78 is 31.5. The van der Waals surface area contributed by atoms with Crippen LogP contribution in [0.25, 0.3) is 10.9 Å². The van der Waals surface area contributed by atoms with E-state index in [4.69, 9.17) is 4.55 Å². The fourth-order valence-corrected chi connectivity index (χ4v) is 2.70. The molecule has 0 atom stereocenters. The molecule has 0 aliphatic carbocycles. The maximum atomic E-state index is 11.7. The summed E-state index contributed by atoms with van der Waals surface area (Å²) in [6.45, 7) is 1.65. The number of hydrogen-bond donors (Lipinski definition) is 3. The van der Waals surface area contributed by atoms with Gasteiger partial charge in [-0.05, 0) is 24.1 Å². The van der Waals surface area contributed by atoms with Crippen molar-refractivity contribution in [3.63, 3.8) is 0 Å². The van der Waals surface area contributed by atoms with Gasteiger partial charge in [0, 0.05) is 0 Å². The van der Waals surface area contributed by atoms with Crippen LogP contribution in [0.15, 0.2) is 26.6 Å². The first-order valence-electron chi connectivity index (χ1n) is 5.10. The van der Waals surface area contributed by atoms with Crippen LogP contribution < -0.4 is 11.2 Å². The molecule has 0 aliphatic rings. The predicted molar refractivity (Wildman–Crippen MR) is 64.4 cm³/mol. The highest BCUT2D eigenvalue weighted by Crippen LogP contribution is 2.22. The van der Waals surface area contributed by atoms with Crippen molar-refractivity contribution in [3.05, 3.63) is 38.5 Å². The van der Waals surface area contributed by atoms with Crippen LogP contribution in [0.1, 0.15) is 12.5 Å². The van der Waals surface area contributed by atoms with Gasteiger partial charge >= 0.3 is 5.69 Å². The third-order valence-electron chi connectivity index (χ3n) is 2.60. The van der Waals surface area contributed by atoms with Gasteiger partial charge in [-0.3, -0.25) is 14.3 Å². The average molecular weight is 270 g/mol. The van der Waals surface area contributed by atoms with Crippen molar-refractivity contribution < 1.29 is 13.0 Å². The second-order valence-electron chi connectivity index (χ2n) is 3.70. The number of rotatable bonds is 2. The minimum Gasteiger partial charge on any atom is -0.307 e. The van der Waals surface area contributed by atoms with Crippen molar-refractivity contribution in [2.24, 2.45) is 0 Å². The predicted octanol–water partition coefficient (Wildman–Crippen LogP) is 0.0255. The van der Waals surface area contributed by atoms with Gasteiger partial charge in [0.15, 0.2) is 0 Å². The SMILES string of the molecule is CCc1c(S(=O)(=O)O)ccc2[nH]c(=O)[nH]c(=O)c12. The molecule has 7 nitrogen and oxygen atoms in total. The molecule has 0 saturated carbocycles. The van der Waals surface area contributed by atoms with Gasteiger partial charge in [0.2, 0.25) is 0 Å². The Bertz CT molecular complexity index is 831. The van der Waals surface area contributed by atoms with Gasteiger partial charge in [-0.25, -0.2) is 4.79 Å². The van der Waals surface area contributed by atoms with Gasteiger partial charge in [0.1, 0.15) is 0 Å². The number of H-pyrrole nitrogens is 2. The Balaban J connectivity index is 3.07. The molecule has 96 valence electrons. The Hall–Kier alpha value is -1.93. The Kier molecular flexibility index (Phi) is 2.83. The molecule has 0 spiro atoms. The Morgan fingerprint density at radius 2 is 1.89 bits per heavy atom. The fourth-order valence-electron chi connectivity index (χ4n) is 1.90. The van der Waals surface area contributed by atoms with Gasteiger partial charge in [-0.2, -0.15) is 8.42 Å². The van der Waals surface area contributed by atoms with Crippen molar-refractivity contribution in [2.45, 2.75) is 18.2 Å². The van der Waals surface area contributed by atoms with Crippen LogP contribution in [-0.2, 0) is 16.5 Å².